The van der Waals surface area contributed by atoms with Crippen molar-refractivity contribution in [3.8, 4) is 0 Å². The highest BCUT2D eigenvalue weighted by Gasteiger charge is 2.21. The van der Waals surface area contributed by atoms with Crippen LogP contribution in [0.25, 0.3) is 0 Å². The third-order valence-electron chi connectivity index (χ3n) is 4.11. The zero-order chi connectivity index (χ0) is 13.7. The van der Waals surface area contributed by atoms with E-state index in [2.05, 4.69) is 17.6 Å². The molecular weight excluding hydrogens is 236 g/mol. The average molecular weight is 260 g/mol. The monoisotopic (exact) mass is 260 g/mol. The maximum absolute atomic E-state index is 12.2. The molecule has 0 bridgehead atoms. The molecule has 0 heterocycles. The highest BCUT2D eigenvalue weighted by atomic mass is 16.1. The molecule has 2 atom stereocenters. The lowest BCUT2D eigenvalue weighted by Crippen LogP contribution is -2.38. The summed E-state index contributed by atoms with van der Waals surface area (Å²) >= 11 is 0. The lowest BCUT2D eigenvalue weighted by molar-refractivity contribution is 0.0921. The minimum absolute atomic E-state index is 0.0569. The SMILES string of the molecule is CNc1ccc(C(=O)NC2CCCCCC2C)cc1. The van der Waals surface area contributed by atoms with Crippen molar-refractivity contribution >= 4 is 11.6 Å². The number of anilines is 1. The van der Waals surface area contributed by atoms with Gasteiger partial charge in [-0.25, -0.2) is 0 Å². The van der Waals surface area contributed by atoms with Crippen LogP contribution in [0.2, 0.25) is 0 Å². The first-order valence-corrected chi connectivity index (χ1v) is 7.29. The number of amides is 1. The first-order valence-electron chi connectivity index (χ1n) is 7.29. The quantitative estimate of drug-likeness (QED) is 0.818. The van der Waals surface area contributed by atoms with Crippen molar-refractivity contribution in [1.82, 2.24) is 5.32 Å². The van der Waals surface area contributed by atoms with Gasteiger partial charge in [0.05, 0.1) is 0 Å². The minimum atomic E-state index is 0.0569. The zero-order valence-corrected chi connectivity index (χ0v) is 11.9. The van der Waals surface area contributed by atoms with E-state index in [1.807, 2.05) is 31.3 Å². The zero-order valence-electron chi connectivity index (χ0n) is 11.9. The fraction of sp³-hybridized carbons (Fsp3) is 0.562. The molecule has 0 aromatic heterocycles. The Labute approximate surface area is 115 Å². The Morgan fingerprint density at radius 2 is 1.79 bits per heavy atom. The standard InChI is InChI=1S/C16H24N2O/c1-12-6-4-3-5-7-15(12)18-16(19)13-8-10-14(17-2)11-9-13/h8-12,15,17H,3-7H2,1-2H3,(H,18,19). The topological polar surface area (TPSA) is 41.1 Å². The van der Waals surface area contributed by atoms with Gasteiger partial charge in [-0.3, -0.25) is 4.79 Å². The van der Waals surface area contributed by atoms with Crippen molar-refractivity contribution in [3.05, 3.63) is 29.8 Å². The fourth-order valence-corrected chi connectivity index (χ4v) is 2.75. The van der Waals surface area contributed by atoms with Gasteiger partial charge in [0, 0.05) is 24.3 Å². The second-order valence-electron chi connectivity index (χ2n) is 5.52. The average Bonchev–Trinajstić information content (AvgIpc) is 2.64. The number of rotatable bonds is 3. The normalized spacial score (nSPS) is 23.5. The maximum atomic E-state index is 12.2. The molecule has 104 valence electrons. The molecule has 1 aliphatic rings. The molecule has 2 unspecified atom stereocenters. The Hall–Kier alpha value is -1.51. The fourth-order valence-electron chi connectivity index (χ4n) is 2.75. The van der Waals surface area contributed by atoms with Gasteiger partial charge in [-0.2, -0.15) is 0 Å². The second kappa shape index (κ2) is 6.60. The Bertz CT molecular complexity index is 413. The smallest absolute Gasteiger partial charge is 0.251 e. The predicted molar refractivity (Wildman–Crippen MR) is 79.5 cm³/mol. The van der Waals surface area contributed by atoms with Gasteiger partial charge in [0.2, 0.25) is 0 Å². The molecule has 0 radical (unpaired) electrons. The molecule has 1 aliphatic carbocycles. The molecular formula is C16H24N2O. The molecule has 19 heavy (non-hydrogen) atoms. The van der Waals surface area contributed by atoms with Gasteiger partial charge in [0.25, 0.3) is 5.91 Å². The molecule has 0 aliphatic heterocycles. The summed E-state index contributed by atoms with van der Waals surface area (Å²) in [5, 5.41) is 6.26. The van der Waals surface area contributed by atoms with E-state index in [1.165, 1.54) is 25.7 Å². The Balaban J connectivity index is 1.98. The van der Waals surface area contributed by atoms with Crippen LogP contribution in [-0.2, 0) is 0 Å². The van der Waals surface area contributed by atoms with Crippen LogP contribution in [0.1, 0.15) is 49.4 Å². The van der Waals surface area contributed by atoms with E-state index < -0.39 is 0 Å². The van der Waals surface area contributed by atoms with Crippen molar-refractivity contribution in [3.63, 3.8) is 0 Å². The van der Waals surface area contributed by atoms with E-state index in [9.17, 15) is 4.79 Å². The minimum Gasteiger partial charge on any atom is -0.388 e. The Kier molecular flexibility index (Phi) is 4.83. The molecule has 2 rings (SSSR count). The highest BCUT2D eigenvalue weighted by molar-refractivity contribution is 5.94. The molecule has 1 saturated carbocycles. The number of benzene rings is 1. The van der Waals surface area contributed by atoms with Crippen LogP contribution in [-0.4, -0.2) is 19.0 Å². The van der Waals surface area contributed by atoms with Crippen molar-refractivity contribution in [2.45, 2.75) is 45.1 Å². The van der Waals surface area contributed by atoms with Crippen LogP contribution in [0.5, 0.6) is 0 Å². The summed E-state index contributed by atoms with van der Waals surface area (Å²) < 4.78 is 0. The third kappa shape index (κ3) is 3.72. The van der Waals surface area contributed by atoms with Gasteiger partial charge in [-0.15, -0.1) is 0 Å². The van der Waals surface area contributed by atoms with Crippen LogP contribution >= 0.6 is 0 Å². The summed E-state index contributed by atoms with van der Waals surface area (Å²) in [6.07, 6.45) is 6.16. The van der Waals surface area contributed by atoms with Crippen LogP contribution in [0.4, 0.5) is 5.69 Å². The summed E-state index contributed by atoms with van der Waals surface area (Å²) in [7, 11) is 1.88. The van der Waals surface area contributed by atoms with Crippen LogP contribution in [0.15, 0.2) is 24.3 Å². The summed E-state index contributed by atoms with van der Waals surface area (Å²) in [4.78, 5) is 12.2. The van der Waals surface area contributed by atoms with E-state index >= 15 is 0 Å². The molecule has 1 aromatic rings. The molecule has 1 fully saturated rings. The lowest BCUT2D eigenvalue weighted by Gasteiger charge is -2.22. The second-order valence-corrected chi connectivity index (χ2v) is 5.52. The van der Waals surface area contributed by atoms with Gasteiger partial charge >= 0.3 is 0 Å². The molecule has 3 heteroatoms. The van der Waals surface area contributed by atoms with E-state index in [4.69, 9.17) is 0 Å². The maximum Gasteiger partial charge on any atom is 0.251 e. The first-order chi connectivity index (χ1) is 9.20. The van der Waals surface area contributed by atoms with E-state index in [1.54, 1.807) is 0 Å². The number of carbonyl (C=O) groups is 1. The van der Waals surface area contributed by atoms with E-state index in [0.717, 1.165) is 17.7 Å². The Morgan fingerprint density at radius 3 is 2.47 bits per heavy atom. The van der Waals surface area contributed by atoms with Crippen molar-refractivity contribution in [2.75, 3.05) is 12.4 Å². The van der Waals surface area contributed by atoms with Crippen LogP contribution in [0.3, 0.4) is 0 Å². The largest absolute Gasteiger partial charge is 0.388 e. The molecule has 1 aromatic carbocycles. The molecule has 0 saturated heterocycles. The summed E-state index contributed by atoms with van der Waals surface area (Å²) in [6, 6.07) is 7.96. The van der Waals surface area contributed by atoms with Crippen molar-refractivity contribution < 1.29 is 4.79 Å². The number of hydrogen-bond donors (Lipinski definition) is 2. The number of hydrogen-bond acceptors (Lipinski definition) is 2. The third-order valence-corrected chi connectivity index (χ3v) is 4.11. The number of nitrogens with one attached hydrogen (secondary N) is 2. The molecule has 2 N–H and O–H groups in total. The predicted octanol–water partition coefficient (Wildman–Crippen LogP) is 3.43. The van der Waals surface area contributed by atoms with Gasteiger partial charge in [-0.05, 0) is 43.0 Å². The summed E-state index contributed by atoms with van der Waals surface area (Å²) in [5.74, 6) is 0.643. The number of carbonyl (C=O) groups excluding carboxylic acids is 1. The van der Waals surface area contributed by atoms with Crippen LogP contribution in [0, 0.1) is 5.92 Å². The lowest BCUT2D eigenvalue weighted by atomic mass is 9.96. The van der Waals surface area contributed by atoms with Crippen molar-refractivity contribution in [1.29, 1.82) is 0 Å². The van der Waals surface area contributed by atoms with E-state index in [-0.39, 0.29) is 5.91 Å². The highest BCUT2D eigenvalue weighted by Crippen LogP contribution is 2.23. The van der Waals surface area contributed by atoms with Crippen molar-refractivity contribution in [2.24, 2.45) is 5.92 Å². The molecule has 0 spiro atoms. The van der Waals surface area contributed by atoms with Gasteiger partial charge in [0.1, 0.15) is 0 Å². The van der Waals surface area contributed by atoms with Crippen LogP contribution < -0.4 is 10.6 Å². The summed E-state index contributed by atoms with van der Waals surface area (Å²) in [6.45, 7) is 2.25. The Morgan fingerprint density at radius 1 is 1.11 bits per heavy atom. The van der Waals surface area contributed by atoms with E-state index in [0.29, 0.717) is 12.0 Å². The van der Waals surface area contributed by atoms with Gasteiger partial charge in [0.15, 0.2) is 0 Å². The summed E-state index contributed by atoms with van der Waals surface area (Å²) in [5.41, 5.74) is 1.77. The molecule has 1 amide bonds. The molecule has 3 nitrogen and oxygen atoms in total. The first kappa shape index (κ1) is 13.9. The van der Waals surface area contributed by atoms with Gasteiger partial charge in [-0.1, -0.05) is 26.2 Å². The van der Waals surface area contributed by atoms with Gasteiger partial charge < -0.3 is 10.6 Å².